The van der Waals surface area contributed by atoms with E-state index in [0.717, 1.165) is 21.2 Å². The average Bonchev–Trinajstić information content (AvgIpc) is 2.71. The Kier molecular flexibility index (Phi) is 2.80. The molecule has 0 atom stereocenters. The summed E-state index contributed by atoms with van der Waals surface area (Å²) in [5.74, 6) is 0. The lowest BCUT2D eigenvalue weighted by atomic mass is 10.1. The lowest BCUT2D eigenvalue weighted by Crippen LogP contribution is -1.88. The summed E-state index contributed by atoms with van der Waals surface area (Å²) >= 11 is 2.17. The van der Waals surface area contributed by atoms with Gasteiger partial charge in [-0.2, -0.15) is 0 Å². The maximum absolute atomic E-state index is 4.13. The normalized spacial score (nSPS) is 10.9. The van der Waals surface area contributed by atoms with Gasteiger partial charge >= 0.3 is 0 Å². The number of hydrogen-bond donors (Lipinski definition) is 1. The van der Waals surface area contributed by atoms with Gasteiger partial charge in [0, 0.05) is 17.5 Å². The number of aromatic nitrogens is 3. The lowest BCUT2D eigenvalue weighted by molar-refractivity contribution is 1.02. The lowest BCUT2D eigenvalue weighted by Gasteiger charge is -1.97. The first kappa shape index (κ1) is 10.7. The molecule has 2 aromatic heterocycles. The van der Waals surface area contributed by atoms with Crippen molar-refractivity contribution in [1.29, 1.82) is 0 Å². The van der Waals surface area contributed by atoms with E-state index >= 15 is 0 Å². The molecule has 0 amide bonds. The third-order valence-electron chi connectivity index (χ3n) is 2.64. The maximum atomic E-state index is 4.13. The summed E-state index contributed by atoms with van der Waals surface area (Å²) in [4.78, 5) is 3.29. The first-order valence-corrected chi connectivity index (χ1v) is 6.44. The van der Waals surface area contributed by atoms with Crippen molar-refractivity contribution in [2.24, 2.45) is 0 Å². The zero-order valence-corrected chi connectivity index (χ0v) is 11.2. The number of hydrogen-bond acceptors (Lipinski definition) is 2. The molecule has 0 bridgehead atoms. The van der Waals surface area contributed by atoms with Crippen molar-refractivity contribution in [2.45, 2.75) is 6.42 Å². The standard InChI is InChI=1S/C13H10IN3/c14-12-8-10-7-11(15-13(10)17-16-12)6-9-4-2-1-3-5-9/h1-5,7-8H,6H2,(H,15,17). The third kappa shape index (κ3) is 2.31. The van der Waals surface area contributed by atoms with Gasteiger partial charge < -0.3 is 4.98 Å². The average molecular weight is 335 g/mol. The van der Waals surface area contributed by atoms with Gasteiger partial charge in [0.1, 0.15) is 3.70 Å². The monoisotopic (exact) mass is 335 g/mol. The van der Waals surface area contributed by atoms with E-state index in [-0.39, 0.29) is 0 Å². The minimum atomic E-state index is 0.858. The number of nitrogens with zero attached hydrogens (tertiary/aromatic N) is 2. The Morgan fingerprint density at radius 3 is 2.71 bits per heavy atom. The van der Waals surface area contributed by atoms with Gasteiger partial charge in [0.05, 0.1) is 0 Å². The molecule has 17 heavy (non-hydrogen) atoms. The van der Waals surface area contributed by atoms with Crippen molar-refractivity contribution < 1.29 is 0 Å². The topological polar surface area (TPSA) is 41.6 Å². The maximum Gasteiger partial charge on any atom is 0.160 e. The molecular formula is C13H10IN3. The summed E-state index contributed by atoms with van der Waals surface area (Å²) < 4.78 is 0.917. The van der Waals surface area contributed by atoms with E-state index in [9.17, 15) is 0 Å². The fraction of sp³-hybridized carbons (Fsp3) is 0.0769. The van der Waals surface area contributed by atoms with E-state index in [4.69, 9.17) is 0 Å². The number of aromatic amines is 1. The van der Waals surface area contributed by atoms with Crippen molar-refractivity contribution in [1.82, 2.24) is 15.2 Å². The number of benzene rings is 1. The van der Waals surface area contributed by atoms with Gasteiger partial charge in [0.15, 0.2) is 5.65 Å². The first-order valence-electron chi connectivity index (χ1n) is 5.36. The summed E-state index contributed by atoms with van der Waals surface area (Å²) in [6.45, 7) is 0. The Labute approximate surface area is 112 Å². The molecule has 0 unspecified atom stereocenters. The SMILES string of the molecule is Ic1cc2cc(Cc3ccccc3)[nH]c2nn1. The highest BCUT2D eigenvalue weighted by Crippen LogP contribution is 2.16. The molecule has 0 saturated carbocycles. The predicted molar refractivity (Wildman–Crippen MR) is 75.9 cm³/mol. The molecule has 3 rings (SSSR count). The Bertz CT molecular complexity index is 646. The summed E-state index contributed by atoms with van der Waals surface area (Å²) in [6, 6.07) is 14.6. The second kappa shape index (κ2) is 4.44. The number of fused-ring (bicyclic) bond motifs is 1. The Hall–Kier alpha value is -1.43. The Morgan fingerprint density at radius 1 is 1.06 bits per heavy atom. The molecule has 0 aliphatic heterocycles. The molecule has 2 heterocycles. The van der Waals surface area contributed by atoms with Gasteiger partial charge in [-0.25, -0.2) is 0 Å². The first-order chi connectivity index (χ1) is 8.31. The molecule has 0 aliphatic carbocycles. The molecule has 0 aliphatic rings. The molecule has 4 heteroatoms. The second-order valence-corrected chi connectivity index (χ2v) is 5.03. The molecule has 0 fully saturated rings. The minimum Gasteiger partial charge on any atom is -0.341 e. The van der Waals surface area contributed by atoms with E-state index in [0.29, 0.717) is 0 Å². The fourth-order valence-corrected chi connectivity index (χ4v) is 2.32. The van der Waals surface area contributed by atoms with Gasteiger partial charge in [-0.1, -0.05) is 30.3 Å². The van der Waals surface area contributed by atoms with Gasteiger partial charge in [-0.15, -0.1) is 10.2 Å². The molecular weight excluding hydrogens is 325 g/mol. The summed E-state index contributed by atoms with van der Waals surface area (Å²) in [7, 11) is 0. The second-order valence-electron chi connectivity index (χ2n) is 3.93. The van der Waals surface area contributed by atoms with Crippen molar-refractivity contribution in [2.75, 3.05) is 0 Å². The molecule has 1 N–H and O–H groups in total. The Balaban J connectivity index is 1.96. The number of halogens is 1. The van der Waals surface area contributed by atoms with Crippen molar-refractivity contribution in [3.8, 4) is 0 Å². The van der Waals surface area contributed by atoms with Crippen molar-refractivity contribution in [3.05, 3.63) is 57.4 Å². The molecule has 3 nitrogen and oxygen atoms in total. The van der Waals surface area contributed by atoms with Crippen LogP contribution in [0, 0.1) is 3.70 Å². The molecule has 0 spiro atoms. The van der Waals surface area contributed by atoms with Gasteiger partial charge in [0.25, 0.3) is 0 Å². The quantitative estimate of drug-likeness (QED) is 0.731. The summed E-state index contributed by atoms with van der Waals surface area (Å²) in [5.41, 5.74) is 3.32. The van der Waals surface area contributed by atoms with Crippen LogP contribution in [0.15, 0.2) is 42.5 Å². The highest BCUT2D eigenvalue weighted by molar-refractivity contribution is 14.1. The zero-order chi connectivity index (χ0) is 11.7. The highest BCUT2D eigenvalue weighted by atomic mass is 127. The highest BCUT2D eigenvalue weighted by Gasteiger charge is 2.04. The van der Waals surface area contributed by atoms with Crippen molar-refractivity contribution >= 4 is 33.6 Å². The number of nitrogens with one attached hydrogen (secondary N) is 1. The summed E-state index contributed by atoms with van der Waals surface area (Å²) in [6.07, 6.45) is 0.897. The smallest absolute Gasteiger partial charge is 0.160 e. The van der Waals surface area contributed by atoms with Gasteiger partial charge in [-0.3, -0.25) is 0 Å². The van der Waals surface area contributed by atoms with Gasteiger partial charge in [-0.05, 0) is 40.3 Å². The van der Waals surface area contributed by atoms with Crippen LogP contribution in [0.1, 0.15) is 11.3 Å². The van der Waals surface area contributed by atoms with Crippen molar-refractivity contribution in [3.63, 3.8) is 0 Å². The predicted octanol–water partition coefficient (Wildman–Crippen LogP) is 3.15. The van der Waals surface area contributed by atoms with Crippen LogP contribution in [0.3, 0.4) is 0 Å². The van der Waals surface area contributed by atoms with Gasteiger partial charge in [0.2, 0.25) is 0 Å². The fourth-order valence-electron chi connectivity index (χ4n) is 1.88. The largest absolute Gasteiger partial charge is 0.341 e. The number of H-pyrrole nitrogens is 1. The van der Waals surface area contributed by atoms with E-state index in [1.807, 2.05) is 12.1 Å². The molecule has 0 radical (unpaired) electrons. The van der Waals surface area contributed by atoms with Crippen LogP contribution in [-0.2, 0) is 6.42 Å². The van der Waals surface area contributed by atoms with Crippen LogP contribution < -0.4 is 0 Å². The molecule has 1 aromatic carbocycles. The third-order valence-corrected chi connectivity index (χ3v) is 3.17. The zero-order valence-electron chi connectivity index (χ0n) is 9.02. The van der Waals surface area contributed by atoms with E-state index < -0.39 is 0 Å². The number of rotatable bonds is 2. The van der Waals surface area contributed by atoms with Crippen LogP contribution in [-0.4, -0.2) is 15.2 Å². The molecule has 84 valence electrons. The molecule has 0 saturated heterocycles. The Morgan fingerprint density at radius 2 is 1.88 bits per heavy atom. The van der Waals surface area contributed by atoms with Crippen LogP contribution in [0.25, 0.3) is 11.0 Å². The van der Waals surface area contributed by atoms with E-state index in [1.165, 1.54) is 11.3 Å². The van der Waals surface area contributed by atoms with E-state index in [1.54, 1.807) is 0 Å². The minimum absolute atomic E-state index is 0.858. The summed E-state index contributed by atoms with van der Waals surface area (Å²) in [5, 5.41) is 9.28. The van der Waals surface area contributed by atoms with Crippen LogP contribution in [0.4, 0.5) is 0 Å². The van der Waals surface area contributed by atoms with Crippen LogP contribution in [0.2, 0.25) is 0 Å². The van der Waals surface area contributed by atoms with Crippen LogP contribution in [0.5, 0.6) is 0 Å². The van der Waals surface area contributed by atoms with E-state index in [2.05, 4.69) is 68.1 Å². The van der Waals surface area contributed by atoms with Crippen LogP contribution >= 0.6 is 22.6 Å². The molecule has 3 aromatic rings.